The van der Waals surface area contributed by atoms with Gasteiger partial charge in [0.2, 0.25) is 15.9 Å². The largest absolute Gasteiger partial charge is 0.368 e. The Balaban J connectivity index is 2.20. The summed E-state index contributed by atoms with van der Waals surface area (Å²) in [6.45, 7) is 0.921. The lowest BCUT2D eigenvalue weighted by Gasteiger charge is -2.33. The number of nitrogens with zero attached hydrogens (tertiary/aromatic N) is 2. The van der Waals surface area contributed by atoms with Crippen LogP contribution in [0.1, 0.15) is 11.1 Å². The maximum Gasteiger partial charge on any atom is 0.237 e. The van der Waals surface area contributed by atoms with Crippen LogP contribution in [-0.2, 0) is 20.6 Å². The zero-order valence-electron chi connectivity index (χ0n) is 11.3. The fourth-order valence-corrected chi connectivity index (χ4v) is 3.95. The third kappa shape index (κ3) is 3.58. The second-order valence-corrected chi connectivity index (χ2v) is 6.72. The summed E-state index contributed by atoms with van der Waals surface area (Å²) >= 11 is 0. The predicted octanol–water partition coefficient (Wildman–Crippen LogP) is -0.853. The van der Waals surface area contributed by atoms with Gasteiger partial charge in [0.05, 0.1) is 17.4 Å². The summed E-state index contributed by atoms with van der Waals surface area (Å²) in [7, 11) is -3.64. The Bertz CT molecular complexity index is 664. The minimum atomic E-state index is -3.64. The Labute approximate surface area is 123 Å². The summed E-state index contributed by atoms with van der Waals surface area (Å²) in [6.07, 6.45) is 0. The lowest BCUT2D eigenvalue weighted by atomic mass is 10.2. The lowest BCUT2D eigenvalue weighted by Crippen LogP contribution is -2.58. The van der Waals surface area contributed by atoms with Gasteiger partial charge in [-0.3, -0.25) is 4.79 Å². The first-order chi connectivity index (χ1) is 9.94. The molecule has 2 rings (SSSR count). The molecule has 1 fully saturated rings. The molecular formula is C13H16N4O3S. The zero-order valence-corrected chi connectivity index (χ0v) is 12.1. The average Bonchev–Trinajstić information content (AvgIpc) is 2.47. The van der Waals surface area contributed by atoms with Crippen LogP contribution in [0.2, 0.25) is 0 Å². The molecule has 1 saturated heterocycles. The molecule has 0 saturated carbocycles. The van der Waals surface area contributed by atoms with E-state index in [1.54, 1.807) is 24.3 Å². The average molecular weight is 308 g/mol. The topological polar surface area (TPSA) is 116 Å². The van der Waals surface area contributed by atoms with E-state index in [1.807, 2.05) is 6.07 Å². The number of carbonyl (C=O) groups excluding carboxylic acids is 1. The van der Waals surface area contributed by atoms with Crippen LogP contribution in [0.5, 0.6) is 0 Å². The van der Waals surface area contributed by atoms with Crippen LogP contribution in [0, 0.1) is 11.3 Å². The van der Waals surface area contributed by atoms with E-state index in [-0.39, 0.29) is 18.8 Å². The summed E-state index contributed by atoms with van der Waals surface area (Å²) in [5.41, 5.74) is 6.30. The Hall–Kier alpha value is -1.95. The number of carbonyl (C=O) groups is 1. The van der Waals surface area contributed by atoms with Crippen molar-refractivity contribution >= 4 is 15.9 Å². The van der Waals surface area contributed by atoms with Crippen molar-refractivity contribution < 1.29 is 13.2 Å². The molecule has 1 aromatic carbocycles. The molecule has 1 amide bonds. The van der Waals surface area contributed by atoms with Crippen molar-refractivity contribution in [1.82, 2.24) is 9.62 Å². The van der Waals surface area contributed by atoms with E-state index in [4.69, 9.17) is 11.0 Å². The van der Waals surface area contributed by atoms with E-state index in [1.165, 1.54) is 0 Å². The molecule has 1 unspecified atom stereocenters. The highest BCUT2D eigenvalue weighted by Gasteiger charge is 2.35. The highest BCUT2D eigenvalue weighted by Crippen LogP contribution is 2.16. The van der Waals surface area contributed by atoms with Gasteiger partial charge in [0.25, 0.3) is 0 Å². The van der Waals surface area contributed by atoms with Crippen LogP contribution in [0.4, 0.5) is 0 Å². The number of hydrogen-bond donors (Lipinski definition) is 2. The molecule has 8 heteroatoms. The van der Waals surface area contributed by atoms with Gasteiger partial charge in [-0.1, -0.05) is 12.1 Å². The van der Waals surface area contributed by atoms with Crippen LogP contribution in [0.3, 0.4) is 0 Å². The third-order valence-corrected chi connectivity index (χ3v) is 5.16. The van der Waals surface area contributed by atoms with Gasteiger partial charge in [0, 0.05) is 19.6 Å². The fraction of sp³-hybridized carbons (Fsp3) is 0.385. The first-order valence-corrected chi connectivity index (χ1v) is 8.03. The summed E-state index contributed by atoms with van der Waals surface area (Å²) < 4.78 is 26.1. The van der Waals surface area contributed by atoms with Gasteiger partial charge in [0.1, 0.15) is 6.04 Å². The van der Waals surface area contributed by atoms with E-state index >= 15 is 0 Å². The SMILES string of the molecule is N#Cc1ccc(CS(=O)(=O)N2CCNCC2C(N)=O)cc1. The quantitative estimate of drug-likeness (QED) is 0.751. The van der Waals surface area contributed by atoms with Gasteiger partial charge in [-0.25, -0.2) is 8.42 Å². The van der Waals surface area contributed by atoms with E-state index < -0.39 is 22.0 Å². The summed E-state index contributed by atoms with van der Waals surface area (Å²) in [4.78, 5) is 11.4. The molecule has 1 atom stereocenters. The van der Waals surface area contributed by atoms with Crippen LogP contribution in [0.25, 0.3) is 0 Å². The third-order valence-electron chi connectivity index (χ3n) is 3.31. The van der Waals surface area contributed by atoms with Crippen LogP contribution < -0.4 is 11.1 Å². The van der Waals surface area contributed by atoms with Crippen molar-refractivity contribution in [3.63, 3.8) is 0 Å². The minimum absolute atomic E-state index is 0.215. The molecule has 0 bridgehead atoms. The standard InChI is InChI=1S/C13H16N4O3S/c14-7-10-1-3-11(4-2-10)9-21(19,20)17-6-5-16-8-12(17)13(15)18/h1-4,12,16H,5-6,8-9H2,(H2,15,18). The molecule has 0 spiro atoms. The van der Waals surface area contributed by atoms with Gasteiger partial charge in [-0.05, 0) is 17.7 Å². The van der Waals surface area contributed by atoms with E-state index in [0.717, 1.165) is 4.31 Å². The van der Waals surface area contributed by atoms with Crippen molar-refractivity contribution in [3.05, 3.63) is 35.4 Å². The lowest BCUT2D eigenvalue weighted by molar-refractivity contribution is -0.122. The molecule has 0 aliphatic carbocycles. The molecule has 1 aromatic rings. The van der Waals surface area contributed by atoms with Crippen molar-refractivity contribution in [2.24, 2.45) is 5.73 Å². The minimum Gasteiger partial charge on any atom is -0.368 e. The first-order valence-electron chi connectivity index (χ1n) is 6.42. The number of nitrogens with one attached hydrogen (secondary N) is 1. The molecule has 1 heterocycles. The molecule has 0 radical (unpaired) electrons. The predicted molar refractivity (Wildman–Crippen MR) is 76.3 cm³/mol. The zero-order chi connectivity index (χ0) is 15.5. The Morgan fingerprint density at radius 2 is 2.10 bits per heavy atom. The maximum absolute atomic E-state index is 12.4. The first kappa shape index (κ1) is 15.4. The molecule has 7 nitrogen and oxygen atoms in total. The Kier molecular flexibility index (Phi) is 4.57. The summed E-state index contributed by atoms with van der Waals surface area (Å²) in [5, 5.41) is 11.7. The number of piperazine rings is 1. The second-order valence-electron chi connectivity index (χ2n) is 4.80. The summed E-state index contributed by atoms with van der Waals surface area (Å²) in [6, 6.07) is 7.43. The number of primary amides is 1. The number of amides is 1. The van der Waals surface area contributed by atoms with Gasteiger partial charge in [0.15, 0.2) is 0 Å². The van der Waals surface area contributed by atoms with Crippen LogP contribution in [0.15, 0.2) is 24.3 Å². The van der Waals surface area contributed by atoms with Crippen LogP contribution in [-0.4, -0.2) is 44.3 Å². The number of sulfonamides is 1. The highest BCUT2D eigenvalue weighted by atomic mass is 32.2. The Morgan fingerprint density at radius 3 is 2.67 bits per heavy atom. The highest BCUT2D eigenvalue weighted by molar-refractivity contribution is 7.88. The number of rotatable bonds is 4. The number of benzene rings is 1. The second kappa shape index (κ2) is 6.22. The Morgan fingerprint density at radius 1 is 1.43 bits per heavy atom. The van der Waals surface area contributed by atoms with E-state index in [9.17, 15) is 13.2 Å². The van der Waals surface area contributed by atoms with E-state index in [2.05, 4.69) is 5.32 Å². The fourth-order valence-electron chi connectivity index (χ4n) is 2.23. The summed E-state index contributed by atoms with van der Waals surface area (Å²) in [5.74, 6) is -0.881. The normalized spacial score (nSPS) is 19.9. The van der Waals surface area contributed by atoms with Gasteiger partial charge in [-0.15, -0.1) is 0 Å². The molecule has 0 aromatic heterocycles. The van der Waals surface area contributed by atoms with Gasteiger partial charge < -0.3 is 11.1 Å². The molecule has 3 N–H and O–H groups in total. The monoisotopic (exact) mass is 308 g/mol. The molecule has 1 aliphatic rings. The molecule has 1 aliphatic heterocycles. The van der Waals surface area contributed by atoms with Crippen LogP contribution >= 0.6 is 0 Å². The van der Waals surface area contributed by atoms with Crippen molar-refractivity contribution in [2.75, 3.05) is 19.6 Å². The molecule has 112 valence electrons. The van der Waals surface area contributed by atoms with Crippen molar-refractivity contribution in [2.45, 2.75) is 11.8 Å². The molecule has 21 heavy (non-hydrogen) atoms. The van der Waals surface area contributed by atoms with Gasteiger partial charge >= 0.3 is 0 Å². The number of nitriles is 1. The molecular weight excluding hydrogens is 292 g/mol. The number of hydrogen-bond acceptors (Lipinski definition) is 5. The van der Waals surface area contributed by atoms with Crippen molar-refractivity contribution in [3.8, 4) is 6.07 Å². The maximum atomic E-state index is 12.4. The van der Waals surface area contributed by atoms with Gasteiger partial charge in [-0.2, -0.15) is 9.57 Å². The number of nitrogens with two attached hydrogens (primary N) is 1. The van der Waals surface area contributed by atoms with E-state index in [0.29, 0.717) is 17.7 Å². The van der Waals surface area contributed by atoms with Crippen molar-refractivity contribution in [1.29, 1.82) is 5.26 Å². The smallest absolute Gasteiger partial charge is 0.237 e.